The van der Waals surface area contributed by atoms with Crippen LogP contribution < -0.4 is 0 Å². The van der Waals surface area contributed by atoms with Crippen molar-refractivity contribution in [2.24, 2.45) is 0 Å². The monoisotopic (exact) mass is 267 g/mol. The number of alkyl halides is 4. The fourth-order valence-corrected chi connectivity index (χ4v) is 1.77. The van der Waals surface area contributed by atoms with E-state index in [4.69, 9.17) is 11.6 Å². The first-order valence-electron chi connectivity index (χ1n) is 4.17. The molecule has 0 aliphatic rings. The number of nitrogens with zero attached hydrogens (tertiary/aromatic N) is 1. The SMILES string of the molecule is CS(=O)(=O)CCN(CCCl)CC(F)(F)F. The number of hydrogen-bond acceptors (Lipinski definition) is 3. The molecule has 8 heteroatoms. The lowest BCUT2D eigenvalue weighted by molar-refractivity contribution is -0.144. The Kier molecular flexibility index (Phi) is 5.90. The molecule has 3 nitrogen and oxygen atoms in total. The minimum Gasteiger partial charge on any atom is -0.293 e. The van der Waals surface area contributed by atoms with Crippen molar-refractivity contribution in [1.29, 1.82) is 0 Å². The van der Waals surface area contributed by atoms with Gasteiger partial charge in [0.25, 0.3) is 0 Å². The van der Waals surface area contributed by atoms with Crippen LogP contribution in [0.4, 0.5) is 13.2 Å². The normalized spacial score (nSPS) is 13.5. The Morgan fingerprint density at radius 1 is 1.27 bits per heavy atom. The maximum Gasteiger partial charge on any atom is 0.401 e. The molecule has 0 atom stereocenters. The van der Waals surface area contributed by atoms with E-state index in [2.05, 4.69) is 0 Å². The molecule has 0 aromatic carbocycles. The molecule has 0 aromatic rings. The quantitative estimate of drug-likeness (QED) is 0.677. The van der Waals surface area contributed by atoms with Gasteiger partial charge in [0.1, 0.15) is 9.84 Å². The van der Waals surface area contributed by atoms with Gasteiger partial charge in [-0.15, -0.1) is 11.6 Å². The molecule has 0 saturated carbocycles. The molecule has 0 amide bonds. The van der Waals surface area contributed by atoms with E-state index in [0.29, 0.717) is 0 Å². The highest BCUT2D eigenvalue weighted by Gasteiger charge is 2.30. The molecular weight excluding hydrogens is 255 g/mol. The molecule has 0 spiro atoms. The fraction of sp³-hybridized carbons (Fsp3) is 1.00. The summed E-state index contributed by atoms with van der Waals surface area (Å²) < 4.78 is 57.6. The molecule has 92 valence electrons. The van der Waals surface area contributed by atoms with Gasteiger partial charge in [0.2, 0.25) is 0 Å². The van der Waals surface area contributed by atoms with Crippen LogP contribution in [0.2, 0.25) is 0 Å². The first-order valence-corrected chi connectivity index (χ1v) is 6.76. The van der Waals surface area contributed by atoms with E-state index in [1.165, 1.54) is 0 Å². The summed E-state index contributed by atoms with van der Waals surface area (Å²) in [5.41, 5.74) is 0. The molecule has 0 bridgehead atoms. The Hall–Kier alpha value is -0.0100. The Balaban J connectivity index is 4.17. The van der Waals surface area contributed by atoms with Gasteiger partial charge in [-0.25, -0.2) is 8.42 Å². The van der Waals surface area contributed by atoms with Crippen LogP contribution in [-0.2, 0) is 9.84 Å². The number of sulfone groups is 1. The molecule has 15 heavy (non-hydrogen) atoms. The summed E-state index contributed by atoms with van der Waals surface area (Å²) in [6, 6.07) is 0. The maximum atomic E-state index is 12.0. The summed E-state index contributed by atoms with van der Waals surface area (Å²) in [6.07, 6.45) is -3.34. The second-order valence-corrected chi connectivity index (χ2v) is 5.85. The van der Waals surface area contributed by atoms with Gasteiger partial charge in [-0.05, 0) is 0 Å². The van der Waals surface area contributed by atoms with Crippen LogP contribution in [-0.4, -0.2) is 57.0 Å². The zero-order valence-corrected chi connectivity index (χ0v) is 9.79. The van der Waals surface area contributed by atoms with Crippen molar-refractivity contribution in [1.82, 2.24) is 4.90 Å². The van der Waals surface area contributed by atoms with E-state index < -0.39 is 22.6 Å². The van der Waals surface area contributed by atoms with Crippen molar-refractivity contribution in [3.05, 3.63) is 0 Å². The zero-order chi connectivity index (χ0) is 12.1. The van der Waals surface area contributed by atoms with Crippen LogP contribution in [0.15, 0.2) is 0 Å². The van der Waals surface area contributed by atoms with Crippen molar-refractivity contribution >= 4 is 21.4 Å². The summed E-state index contributed by atoms with van der Waals surface area (Å²) in [4.78, 5) is 0.980. The summed E-state index contributed by atoms with van der Waals surface area (Å²) in [6.45, 7) is -1.25. The smallest absolute Gasteiger partial charge is 0.293 e. The van der Waals surface area contributed by atoms with Gasteiger partial charge in [-0.2, -0.15) is 13.2 Å². The standard InChI is InChI=1S/C7H13ClF3NO2S/c1-15(13,14)5-4-12(3-2-8)6-7(9,10)11/h2-6H2,1H3. The van der Waals surface area contributed by atoms with Crippen LogP contribution in [0.1, 0.15) is 0 Å². The third-order valence-electron chi connectivity index (χ3n) is 1.58. The summed E-state index contributed by atoms with van der Waals surface area (Å²) >= 11 is 5.32. The van der Waals surface area contributed by atoms with Crippen LogP contribution in [0.25, 0.3) is 0 Å². The van der Waals surface area contributed by atoms with E-state index >= 15 is 0 Å². The lowest BCUT2D eigenvalue weighted by Gasteiger charge is -2.21. The predicted octanol–water partition coefficient (Wildman–Crippen LogP) is 1.13. The Morgan fingerprint density at radius 3 is 2.13 bits per heavy atom. The summed E-state index contributed by atoms with van der Waals surface area (Å²) in [5, 5.41) is 0. The molecule has 0 aromatic heterocycles. The Morgan fingerprint density at radius 2 is 1.80 bits per heavy atom. The van der Waals surface area contributed by atoms with Crippen molar-refractivity contribution in [3.8, 4) is 0 Å². The average molecular weight is 268 g/mol. The Labute approximate surface area is 92.1 Å². The van der Waals surface area contributed by atoms with Gasteiger partial charge in [-0.1, -0.05) is 0 Å². The van der Waals surface area contributed by atoms with Gasteiger partial charge in [0.05, 0.1) is 12.3 Å². The first kappa shape index (κ1) is 15.0. The van der Waals surface area contributed by atoms with E-state index in [1.807, 2.05) is 0 Å². The van der Waals surface area contributed by atoms with Gasteiger partial charge < -0.3 is 0 Å². The van der Waals surface area contributed by atoms with Crippen molar-refractivity contribution in [2.75, 3.05) is 37.5 Å². The lowest BCUT2D eigenvalue weighted by Crippen LogP contribution is -2.38. The largest absolute Gasteiger partial charge is 0.401 e. The molecule has 0 aliphatic heterocycles. The third-order valence-corrected chi connectivity index (χ3v) is 2.68. The molecule has 0 saturated heterocycles. The minimum absolute atomic E-state index is 0.0244. The molecule has 0 rings (SSSR count). The van der Waals surface area contributed by atoms with Crippen molar-refractivity contribution < 1.29 is 21.6 Å². The fourth-order valence-electron chi connectivity index (χ4n) is 0.938. The number of halogens is 4. The second kappa shape index (κ2) is 5.91. The molecule has 0 radical (unpaired) electrons. The summed E-state index contributed by atoms with van der Waals surface area (Å²) in [5.74, 6) is -0.250. The van der Waals surface area contributed by atoms with Crippen LogP contribution >= 0.6 is 11.6 Å². The topological polar surface area (TPSA) is 37.4 Å². The van der Waals surface area contributed by atoms with Gasteiger partial charge in [0.15, 0.2) is 0 Å². The van der Waals surface area contributed by atoms with E-state index in [1.54, 1.807) is 0 Å². The average Bonchev–Trinajstić information content (AvgIpc) is 1.96. The minimum atomic E-state index is -4.33. The van der Waals surface area contributed by atoms with Gasteiger partial charge in [0, 0.05) is 25.2 Å². The Bertz CT molecular complexity index is 278. The van der Waals surface area contributed by atoms with Gasteiger partial charge >= 0.3 is 6.18 Å². The van der Waals surface area contributed by atoms with Crippen LogP contribution in [0, 0.1) is 0 Å². The zero-order valence-electron chi connectivity index (χ0n) is 8.22. The molecule has 0 unspecified atom stereocenters. The number of hydrogen-bond donors (Lipinski definition) is 0. The highest BCUT2D eigenvalue weighted by molar-refractivity contribution is 7.90. The molecule has 0 aliphatic carbocycles. The molecule has 0 heterocycles. The van der Waals surface area contributed by atoms with Crippen LogP contribution in [0.3, 0.4) is 0 Å². The highest BCUT2D eigenvalue weighted by Crippen LogP contribution is 2.16. The van der Waals surface area contributed by atoms with E-state index in [-0.39, 0.29) is 24.7 Å². The maximum absolute atomic E-state index is 12.0. The third kappa shape index (κ3) is 10.3. The molecular formula is C7H13ClF3NO2S. The lowest BCUT2D eigenvalue weighted by atomic mass is 10.4. The van der Waals surface area contributed by atoms with E-state index in [0.717, 1.165) is 11.2 Å². The van der Waals surface area contributed by atoms with Crippen LogP contribution in [0.5, 0.6) is 0 Å². The van der Waals surface area contributed by atoms with Crippen molar-refractivity contribution in [3.63, 3.8) is 0 Å². The first-order chi connectivity index (χ1) is 6.64. The highest BCUT2D eigenvalue weighted by atomic mass is 35.5. The summed E-state index contributed by atoms with van der Waals surface area (Å²) in [7, 11) is -3.25. The van der Waals surface area contributed by atoms with Crippen molar-refractivity contribution in [2.45, 2.75) is 6.18 Å². The van der Waals surface area contributed by atoms with E-state index in [9.17, 15) is 21.6 Å². The predicted molar refractivity (Wildman–Crippen MR) is 52.9 cm³/mol. The second-order valence-electron chi connectivity index (χ2n) is 3.21. The number of rotatable bonds is 6. The molecule has 0 fully saturated rings. The van der Waals surface area contributed by atoms with Gasteiger partial charge in [-0.3, -0.25) is 4.90 Å². The molecule has 0 N–H and O–H groups in total.